The molecule has 2 atom stereocenters. The second kappa shape index (κ2) is 7.68. The Morgan fingerprint density at radius 2 is 2.05 bits per heavy atom. The van der Waals surface area contributed by atoms with E-state index in [4.69, 9.17) is 0 Å². The third-order valence-electron chi connectivity index (χ3n) is 3.58. The summed E-state index contributed by atoms with van der Waals surface area (Å²) in [5, 5.41) is 9.30. The highest BCUT2D eigenvalue weighted by molar-refractivity contribution is 5.84. The molecule has 1 saturated carbocycles. The predicted molar refractivity (Wildman–Crippen MR) is 88.0 cm³/mol. The predicted octanol–water partition coefficient (Wildman–Crippen LogP) is 2.33. The van der Waals surface area contributed by atoms with E-state index in [1.807, 2.05) is 24.3 Å². The normalized spacial score (nSPS) is 20.2. The largest absolute Gasteiger partial charge is 0.453 e. The lowest BCUT2D eigenvalue weighted by Crippen LogP contribution is -2.39. The molecule has 1 aromatic carbocycles. The summed E-state index contributed by atoms with van der Waals surface area (Å²) in [6, 6.07) is 8.11. The summed E-state index contributed by atoms with van der Waals surface area (Å²) < 4.78 is 4.55. The monoisotopic (exact) mass is 304 g/mol. The van der Waals surface area contributed by atoms with Crippen LogP contribution in [-0.2, 0) is 11.3 Å². The van der Waals surface area contributed by atoms with Gasteiger partial charge >= 0.3 is 6.09 Å². The van der Waals surface area contributed by atoms with Gasteiger partial charge in [-0.15, -0.1) is 0 Å². The van der Waals surface area contributed by atoms with E-state index >= 15 is 0 Å². The standard InChI is InChI=1S/C16H24N4O2/c1-4-17-15(20-14-9-11(14)2)18-10-12-5-7-13(8-6-12)19-16(21)22-3/h5-8,11,14H,4,9-10H2,1-3H3,(H,19,21)(H2,17,18,20). The number of carbonyl (C=O) groups is 1. The molecule has 1 amide bonds. The molecule has 1 aliphatic carbocycles. The van der Waals surface area contributed by atoms with Crippen molar-refractivity contribution in [3.8, 4) is 0 Å². The molecule has 0 spiro atoms. The Balaban J connectivity index is 1.90. The average Bonchev–Trinajstić information content (AvgIpc) is 3.21. The SMILES string of the molecule is CCNC(=NCc1ccc(NC(=O)OC)cc1)NC1CC1C. The van der Waals surface area contributed by atoms with Gasteiger partial charge in [0.2, 0.25) is 0 Å². The summed E-state index contributed by atoms with van der Waals surface area (Å²) in [6.45, 7) is 5.72. The van der Waals surface area contributed by atoms with Gasteiger partial charge in [-0.25, -0.2) is 9.79 Å². The van der Waals surface area contributed by atoms with E-state index in [1.165, 1.54) is 13.5 Å². The number of guanidine groups is 1. The van der Waals surface area contributed by atoms with Crippen LogP contribution in [-0.4, -0.2) is 31.7 Å². The zero-order valence-corrected chi connectivity index (χ0v) is 13.3. The Morgan fingerprint density at radius 1 is 1.36 bits per heavy atom. The zero-order chi connectivity index (χ0) is 15.9. The molecule has 0 aliphatic heterocycles. The van der Waals surface area contributed by atoms with Gasteiger partial charge in [-0.1, -0.05) is 19.1 Å². The van der Waals surface area contributed by atoms with E-state index in [0.29, 0.717) is 18.3 Å². The Bertz CT molecular complexity index is 527. The van der Waals surface area contributed by atoms with Gasteiger partial charge in [0.25, 0.3) is 0 Å². The molecule has 0 saturated heterocycles. The number of rotatable bonds is 5. The first-order valence-corrected chi connectivity index (χ1v) is 7.61. The van der Waals surface area contributed by atoms with Gasteiger partial charge in [0.05, 0.1) is 13.7 Å². The van der Waals surface area contributed by atoms with Crippen LogP contribution in [0.2, 0.25) is 0 Å². The number of nitrogens with zero attached hydrogens (tertiary/aromatic N) is 1. The van der Waals surface area contributed by atoms with Gasteiger partial charge in [-0.05, 0) is 37.0 Å². The minimum atomic E-state index is -0.469. The van der Waals surface area contributed by atoms with Crippen LogP contribution in [0.1, 0.15) is 25.8 Å². The second-order valence-corrected chi connectivity index (χ2v) is 5.47. The van der Waals surface area contributed by atoms with Gasteiger partial charge in [-0.2, -0.15) is 0 Å². The molecule has 1 aromatic rings. The number of ether oxygens (including phenoxy) is 1. The summed E-state index contributed by atoms with van der Waals surface area (Å²) in [5.74, 6) is 1.58. The van der Waals surface area contributed by atoms with Crippen LogP contribution in [0.3, 0.4) is 0 Å². The molecular weight excluding hydrogens is 280 g/mol. The first kappa shape index (κ1) is 16.1. The number of amides is 1. The summed E-state index contributed by atoms with van der Waals surface area (Å²) in [6.07, 6.45) is 0.737. The van der Waals surface area contributed by atoms with Crippen molar-refractivity contribution in [1.82, 2.24) is 10.6 Å². The molecular formula is C16H24N4O2. The topological polar surface area (TPSA) is 74.8 Å². The first-order chi connectivity index (χ1) is 10.6. The summed E-state index contributed by atoms with van der Waals surface area (Å²) in [5.41, 5.74) is 1.79. The molecule has 6 heteroatoms. The molecule has 120 valence electrons. The van der Waals surface area contributed by atoms with Crippen molar-refractivity contribution in [2.45, 2.75) is 32.9 Å². The van der Waals surface area contributed by atoms with Gasteiger partial charge in [-0.3, -0.25) is 5.32 Å². The number of benzene rings is 1. The number of hydrogen-bond acceptors (Lipinski definition) is 3. The fourth-order valence-corrected chi connectivity index (χ4v) is 2.05. The molecule has 22 heavy (non-hydrogen) atoms. The molecule has 0 aromatic heterocycles. The Hall–Kier alpha value is -2.24. The van der Waals surface area contributed by atoms with Gasteiger partial charge in [0, 0.05) is 18.3 Å². The van der Waals surface area contributed by atoms with Crippen molar-refractivity contribution >= 4 is 17.7 Å². The van der Waals surface area contributed by atoms with E-state index in [9.17, 15) is 4.79 Å². The van der Waals surface area contributed by atoms with Crippen LogP contribution in [0.5, 0.6) is 0 Å². The molecule has 1 fully saturated rings. The fourth-order valence-electron chi connectivity index (χ4n) is 2.05. The quantitative estimate of drug-likeness (QED) is 0.576. The average molecular weight is 304 g/mol. The van der Waals surface area contributed by atoms with Crippen LogP contribution in [0, 0.1) is 5.92 Å². The van der Waals surface area contributed by atoms with E-state index in [0.717, 1.165) is 24.0 Å². The molecule has 0 bridgehead atoms. The van der Waals surface area contributed by atoms with Crippen molar-refractivity contribution in [2.24, 2.45) is 10.9 Å². The molecule has 1 aliphatic rings. The molecule has 0 radical (unpaired) electrons. The van der Waals surface area contributed by atoms with Crippen LogP contribution < -0.4 is 16.0 Å². The van der Waals surface area contributed by atoms with E-state index in [1.54, 1.807) is 0 Å². The maximum Gasteiger partial charge on any atom is 0.411 e. The number of methoxy groups -OCH3 is 1. The van der Waals surface area contributed by atoms with Crippen molar-refractivity contribution in [3.63, 3.8) is 0 Å². The van der Waals surface area contributed by atoms with Crippen molar-refractivity contribution in [2.75, 3.05) is 19.0 Å². The summed E-state index contributed by atoms with van der Waals surface area (Å²) in [4.78, 5) is 15.7. The van der Waals surface area contributed by atoms with Gasteiger partial charge in [0.15, 0.2) is 5.96 Å². The van der Waals surface area contributed by atoms with Crippen LogP contribution >= 0.6 is 0 Å². The third kappa shape index (κ3) is 4.95. The van der Waals surface area contributed by atoms with E-state index in [-0.39, 0.29) is 0 Å². The van der Waals surface area contributed by atoms with Crippen LogP contribution in [0.4, 0.5) is 10.5 Å². The van der Waals surface area contributed by atoms with Crippen LogP contribution in [0.25, 0.3) is 0 Å². The smallest absolute Gasteiger partial charge is 0.411 e. The number of hydrogen-bond donors (Lipinski definition) is 3. The Morgan fingerprint density at radius 3 is 2.59 bits per heavy atom. The highest BCUT2D eigenvalue weighted by Crippen LogP contribution is 2.28. The lowest BCUT2D eigenvalue weighted by molar-refractivity contribution is 0.187. The Labute approximate surface area is 131 Å². The number of nitrogens with one attached hydrogen (secondary N) is 3. The molecule has 3 N–H and O–H groups in total. The molecule has 0 heterocycles. The van der Waals surface area contributed by atoms with Crippen molar-refractivity contribution in [3.05, 3.63) is 29.8 Å². The molecule has 2 rings (SSSR count). The first-order valence-electron chi connectivity index (χ1n) is 7.61. The van der Waals surface area contributed by atoms with E-state index in [2.05, 4.69) is 39.5 Å². The minimum Gasteiger partial charge on any atom is -0.453 e. The zero-order valence-electron chi connectivity index (χ0n) is 13.3. The summed E-state index contributed by atoms with van der Waals surface area (Å²) in [7, 11) is 1.34. The lowest BCUT2D eigenvalue weighted by Gasteiger charge is -2.11. The highest BCUT2D eigenvalue weighted by atomic mass is 16.5. The van der Waals surface area contributed by atoms with Gasteiger partial charge in [0.1, 0.15) is 0 Å². The van der Waals surface area contributed by atoms with Gasteiger partial charge < -0.3 is 15.4 Å². The Kier molecular flexibility index (Phi) is 5.63. The second-order valence-electron chi connectivity index (χ2n) is 5.47. The number of carbonyl (C=O) groups excluding carboxylic acids is 1. The lowest BCUT2D eigenvalue weighted by atomic mass is 10.2. The number of aliphatic imine (C=N–C) groups is 1. The van der Waals surface area contributed by atoms with Crippen molar-refractivity contribution in [1.29, 1.82) is 0 Å². The summed E-state index contributed by atoms with van der Waals surface area (Å²) >= 11 is 0. The van der Waals surface area contributed by atoms with Crippen LogP contribution in [0.15, 0.2) is 29.3 Å². The maximum absolute atomic E-state index is 11.1. The number of anilines is 1. The minimum absolute atomic E-state index is 0.469. The highest BCUT2D eigenvalue weighted by Gasteiger charge is 2.33. The molecule has 6 nitrogen and oxygen atoms in total. The van der Waals surface area contributed by atoms with E-state index < -0.39 is 6.09 Å². The van der Waals surface area contributed by atoms with Crippen molar-refractivity contribution < 1.29 is 9.53 Å². The third-order valence-corrected chi connectivity index (χ3v) is 3.58. The molecule has 2 unspecified atom stereocenters. The fraction of sp³-hybridized carbons (Fsp3) is 0.500. The maximum atomic E-state index is 11.1.